The van der Waals surface area contributed by atoms with Crippen LogP contribution in [0.2, 0.25) is 0 Å². The summed E-state index contributed by atoms with van der Waals surface area (Å²) in [4.78, 5) is 0. The van der Waals surface area contributed by atoms with E-state index in [1.54, 1.807) is 0 Å². The van der Waals surface area contributed by atoms with Crippen molar-refractivity contribution in [2.45, 2.75) is 64.7 Å². The van der Waals surface area contributed by atoms with Gasteiger partial charge in [-0.3, -0.25) is 0 Å². The standard InChI is InChI=1S/C29H37N/c1-2-3-4-5-6-8-12-25-18-21-28(29(23-25)26-14-9-7-10-15-26)27-19-16-24(17-20-27)13-11-22-30/h7,9-10,14-21,23H,2-6,8,11-13,22,30H2,1H3. The van der Waals surface area contributed by atoms with Crippen molar-refractivity contribution in [2.24, 2.45) is 5.73 Å². The number of hydrogen-bond acceptors (Lipinski definition) is 1. The van der Waals surface area contributed by atoms with E-state index in [1.165, 1.54) is 78.3 Å². The van der Waals surface area contributed by atoms with Gasteiger partial charge < -0.3 is 5.73 Å². The Morgan fingerprint density at radius 1 is 0.567 bits per heavy atom. The molecule has 3 aromatic rings. The minimum absolute atomic E-state index is 0.750. The van der Waals surface area contributed by atoms with Crippen LogP contribution in [0.25, 0.3) is 22.3 Å². The normalized spacial score (nSPS) is 11.0. The Balaban J connectivity index is 1.79. The molecule has 0 saturated heterocycles. The lowest BCUT2D eigenvalue weighted by molar-refractivity contribution is 0.607. The Hall–Kier alpha value is -2.38. The second kappa shape index (κ2) is 12.3. The predicted molar refractivity (Wildman–Crippen MR) is 132 cm³/mol. The first-order chi connectivity index (χ1) is 14.8. The van der Waals surface area contributed by atoms with Crippen LogP contribution in [0.3, 0.4) is 0 Å². The number of benzene rings is 3. The molecule has 0 radical (unpaired) electrons. The van der Waals surface area contributed by atoms with Gasteiger partial charge in [0.15, 0.2) is 0 Å². The molecule has 0 amide bonds. The van der Waals surface area contributed by atoms with E-state index in [9.17, 15) is 0 Å². The van der Waals surface area contributed by atoms with Crippen molar-refractivity contribution < 1.29 is 0 Å². The lowest BCUT2D eigenvalue weighted by atomic mass is 9.91. The molecule has 0 heterocycles. The second-order valence-electron chi connectivity index (χ2n) is 8.35. The van der Waals surface area contributed by atoms with Gasteiger partial charge in [0.05, 0.1) is 0 Å². The summed E-state index contributed by atoms with van der Waals surface area (Å²) >= 11 is 0. The molecule has 0 aliphatic carbocycles. The monoisotopic (exact) mass is 399 g/mol. The van der Waals surface area contributed by atoms with Gasteiger partial charge in [0.2, 0.25) is 0 Å². The molecule has 30 heavy (non-hydrogen) atoms. The van der Waals surface area contributed by atoms with Crippen LogP contribution in [0.15, 0.2) is 72.8 Å². The molecule has 158 valence electrons. The third kappa shape index (κ3) is 6.57. The van der Waals surface area contributed by atoms with Gasteiger partial charge in [-0.05, 0) is 65.6 Å². The second-order valence-corrected chi connectivity index (χ2v) is 8.35. The molecule has 0 aliphatic rings. The van der Waals surface area contributed by atoms with Crippen LogP contribution in [0.1, 0.15) is 63.0 Å². The topological polar surface area (TPSA) is 26.0 Å². The highest BCUT2D eigenvalue weighted by molar-refractivity contribution is 5.84. The van der Waals surface area contributed by atoms with E-state index >= 15 is 0 Å². The average molecular weight is 400 g/mol. The van der Waals surface area contributed by atoms with E-state index in [4.69, 9.17) is 5.73 Å². The summed E-state index contributed by atoms with van der Waals surface area (Å²) in [7, 11) is 0. The molecule has 1 heteroatoms. The fourth-order valence-electron chi connectivity index (χ4n) is 4.12. The zero-order chi connectivity index (χ0) is 21.0. The van der Waals surface area contributed by atoms with Gasteiger partial charge in [-0.1, -0.05) is 112 Å². The maximum atomic E-state index is 5.66. The van der Waals surface area contributed by atoms with Crippen molar-refractivity contribution in [1.29, 1.82) is 0 Å². The van der Waals surface area contributed by atoms with E-state index in [0.29, 0.717) is 0 Å². The zero-order valence-electron chi connectivity index (χ0n) is 18.6. The van der Waals surface area contributed by atoms with Crippen LogP contribution in [-0.4, -0.2) is 6.54 Å². The van der Waals surface area contributed by atoms with Crippen molar-refractivity contribution in [1.82, 2.24) is 0 Å². The van der Waals surface area contributed by atoms with Crippen molar-refractivity contribution >= 4 is 0 Å². The summed E-state index contributed by atoms with van der Waals surface area (Å²) in [5.41, 5.74) is 13.7. The van der Waals surface area contributed by atoms with Crippen LogP contribution >= 0.6 is 0 Å². The number of hydrogen-bond donors (Lipinski definition) is 1. The van der Waals surface area contributed by atoms with Crippen molar-refractivity contribution in [3.05, 3.63) is 83.9 Å². The van der Waals surface area contributed by atoms with Crippen LogP contribution in [0.5, 0.6) is 0 Å². The highest BCUT2D eigenvalue weighted by atomic mass is 14.5. The SMILES string of the molecule is CCCCCCCCc1ccc(-c2ccc(CCCN)cc2)c(-c2ccccc2)c1. The van der Waals surface area contributed by atoms with E-state index in [0.717, 1.165) is 19.4 Å². The van der Waals surface area contributed by atoms with Gasteiger partial charge >= 0.3 is 0 Å². The van der Waals surface area contributed by atoms with E-state index in [1.807, 2.05) is 0 Å². The Labute approximate surface area is 183 Å². The average Bonchev–Trinajstić information content (AvgIpc) is 2.81. The molecule has 0 saturated carbocycles. The Morgan fingerprint density at radius 3 is 1.93 bits per heavy atom. The smallest absolute Gasteiger partial charge is 0.00741 e. The molecule has 0 bridgehead atoms. The molecule has 0 aliphatic heterocycles. The number of nitrogens with two attached hydrogens (primary N) is 1. The maximum Gasteiger partial charge on any atom is -0.00741 e. The first kappa shape index (κ1) is 22.3. The minimum atomic E-state index is 0.750. The number of unbranched alkanes of at least 4 members (excludes halogenated alkanes) is 5. The molecule has 1 nitrogen and oxygen atoms in total. The molecule has 0 spiro atoms. The number of aryl methyl sites for hydroxylation is 2. The van der Waals surface area contributed by atoms with Gasteiger partial charge in [0, 0.05) is 0 Å². The van der Waals surface area contributed by atoms with Crippen LogP contribution in [0, 0.1) is 0 Å². The van der Waals surface area contributed by atoms with Crippen molar-refractivity contribution in [3.8, 4) is 22.3 Å². The lowest BCUT2D eigenvalue weighted by Gasteiger charge is -2.14. The lowest BCUT2D eigenvalue weighted by Crippen LogP contribution is -2.00. The largest absolute Gasteiger partial charge is 0.330 e. The van der Waals surface area contributed by atoms with Gasteiger partial charge in [-0.15, -0.1) is 0 Å². The quantitative estimate of drug-likeness (QED) is 0.309. The fraction of sp³-hybridized carbons (Fsp3) is 0.379. The van der Waals surface area contributed by atoms with Gasteiger partial charge in [0.25, 0.3) is 0 Å². The molecule has 0 unspecified atom stereocenters. The van der Waals surface area contributed by atoms with Crippen molar-refractivity contribution in [3.63, 3.8) is 0 Å². The summed E-state index contributed by atoms with van der Waals surface area (Å²) in [6.07, 6.45) is 11.3. The Kier molecular flexibility index (Phi) is 9.18. The van der Waals surface area contributed by atoms with E-state index in [2.05, 4.69) is 79.7 Å². The first-order valence-electron chi connectivity index (χ1n) is 11.8. The number of rotatable bonds is 12. The highest BCUT2D eigenvalue weighted by Gasteiger charge is 2.09. The van der Waals surface area contributed by atoms with E-state index < -0.39 is 0 Å². The van der Waals surface area contributed by atoms with Crippen molar-refractivity contribution in [2.75, 3.05) is 6.54 Å². The minimum Gasteiger partial charge on any atom is -0.330 e. The maximum absolute atomic E-state index is 5.66. The van der Waals surface area contributed by atoms with E-state index in [-0.39, 0.29) is 0 Å². The molecule has 0 aromatic heterocycles. The summed E-state index contributed by atoms with van der Waals surface area (Å²) in [6, 6.07) is 26.9. The summed E-state index contributed by atoms with van der Waals surface area (Å²) in [5.74, 6) is 0. The Morgan fingerprint density at radius 2 is 1.20 bits per heavy atom. The molecule has 0 fully saturated rings. The highest BCUT2D eigenvalue weighted by Crippen LogP contribution is 2.33. The van der Waals surface area contributed by atoms with Crippen LogP contribution in [0.4, 0.5) is 0 Å². The molecule has 2 N–H and O–H groups in total. The fourth-order valence-corrected chi connectivity index (χ4v) is 4.12. The van der Waals surface area contributed by atoms with Gasteiger partial charge in [-0.25, -0.2) is 0 Å². The van der Waals surface area contributed by atoms with Crippen LogP contribution in [-0.2, 0) is 12.8 Å². The third-order valence-electron chi connectivity index (χ3n) is 5.92. The summed E-state index contributed by atoms with van der Waals surface area (Å²) in [6.45, 7) is 3.03. The first-order valence-corrected chi connectivity index (χ1v) is 11.8. The predicted octanol–water partition coefficient (Wildman–Crippen LogP) is 7.81. The Bertz CT molecular complexity index is 865. The third-order valence-corrected chi connectivity index (χ3v) is 5.92. The molecule has 0 atom stereocenters. The summed E-state index contributed by atoms with van der Waals surface area (Å²) in [5, 5.41) is 0. The molecular formula is C29H37N. The summed E-state index contributed by atoms with van der Waals surface area (Å²) < 4.78 is 0. The van der Waals surface area contributed by atoms with Crippen LogP contribution < -0.4 is 5.73 Å². The zero-order valence-corrected chi connectivity index (χ0v) is 18.6. The van der Waals surface area contributed by atoms with Gasteiger partial charge in [0.1, 0.15) is 0 Å². The molecule has 3 rings (SSSR count). The van der Waals surface area contributed by atoms with Gasteiger partial charge in [-0.2, -0.15) is 0 Å². The molecular weight excluding hydrogens is 362 g/mol. The molecule has 3 aromatic carbocycles.